The van der Waals surface area contributed by atoms with Crippen LogP contribution in [-0.2, 0) is 9.84 Å². The van der Waals surface area contributed by atoms with Crippen molar-refractivity contribution in [2.24, 2.45) is 0 Å². The maximum atomic E-state index is 11.7. The van der Waals surface area contributed by atoms with Crippen LogP contribution in [0.25, 0.3) is 0 Å². The fourth-order valence-electron chi connectivity index (χ4n) is 1.33. The van der Waals surface area contributed by atoms with E-state index in [1.54, 1.807) is 0 Å². The Morgan fingerprint density at radius 2 is 1.88 bits per heavy atom. The molecule has 3 nitrogen and oxygen atoms in total. The molecule has 0 aliphatic carbocycles. The number of hydrogen-bond donors (Lipinski definition) is 0. The van der Waals surface area contributed by atoms with Crippen LogP contribution in [0.4, 0.5) is 0 Å². The summed E-state index contributed by atoms with van der Waals surface area (Å²) >= 11 is 0. The molecule has 0 spiro atoms. The van der Waals surface area contributed by atoms with Crippen LogP contribution in [0, 0.1) is 0 Å². The van der Waals surface area contributed by atoms with E-state index in [2.05, 4.69) is 6.58 Å². The lowest BCUT2D eigenvalue weighted by Gasteiger charge is -2.03. The maximum Gasteiger partial charge on any atom is 0.185 e. The summed E-state index contributed by atoms with van der Waals surface area (Å²) in [5, 5.41) is 0. The minimum absolute atomic E-state index is 0.127. The Kier molecular flexibility index (Phi) is 4.01. The average molecular weight is 238 g/mol. The van der Waals surface area contributed by atoms with Crippen LogP contribution in [0.3, 0.4) is 0 Å². The van der Waals surface area contributed by atoms with Crippen molar-refractivity contribution in [3.8, 4) is 0 Å². The molecular weight excluding hydrogens is 224 g/mol. The van der Waals surface area contributed by atoms with E-state index in [1.165, 1.54) is 30.3 Å². The van der Waals surface area contributed by atoms with Gasteiger partial charge in [0.1, 0.15) is 0 Å². The second-order valence-corrected chi connectivity index (χ2v) is 5.52. The first-order valence-electron chi connectivity index (χ1n) is 5.01. The monoisotopic (exact) mass is 238 g/mol. The Bertz CT molecular complexity index is 484. The van der Waals surface area contributed by atoms with Crippen LogP contribution in [0.1, 0.15) is 23.7 Å². The van der Waals surface area contributed by atoms with Gasteiger partial charge in [-0.05, 0) is 36.8 Å². The quantitative estimate of drug-likeness (QED) is 0.584. The molecule has 0 radical (unpaired) electrons. The predicted octanol–water partition coefficient (Wildman–Crippen LogP) is 2.24. The number of ketones is 1. The van der Waals surface area contributed by atoms with Crippen LogP contribution in [0.15, 0.2) is 41.8 Å². The Balaban J connectivity index is 3.04. The molecule has 0 amide bonds. The highest BCUT2D eigenvalue weighted by Crippen LogP contribution is 2.13. The highest BCUT2D eigenvalue weighted by Gasteiger charge is 2.13. The molecule has 4 heteroatoms. The van der Waals surface area contributed by atoms with E-state index in [0.29, 0.717) is 12.0 Å². The van der Waals surface area contributed by atoms with Crippen molar-refractivity contribution in [1.82, 2.24) is 0 Å². The fourth-order valence-corrected chi connectivity index (χ4v) is 2.65. The lowest BCUT2D eigenvalue weighted by Crippen LogP contribution is -2.06. The summed E-state index contributed by atoms with van der Waals surface area (Å²) in [7, 11) is -3.20. The first-order valence-corrected chi connectivity index (χ1v) is 6.66. The Labute approximate surface area is 95.7 Å². The van der Waals surface area contributed by atoms with Crippen molar-refractivity contribution in [2.45, 2.75) is 18.2 Å². The smallest absolute Gasteiger partial charge is 0.185 e. The van der Waals surface area contributed by atoms with E-state index in [-0.39, 0.29) is 16.4 Å². The second-order valence-electron chi connectivity index (χ2n) is 3.41. The molecule has 0 N–H and O–H groups in total. The number of rotatable bonds is 5. The van der Waals surface area contributed by atoms with Crippen LogP contribution in [0.2, 0.25) is 0 Å². The van der Waals surface area contributed by atoms with E-state index in [4.69, 9.17) is 0 Å². The summed E-state index contributed by atoms with van der Waals surface area (Å²) in [6.45, 7) is 5.18. The molecule has 0 aliphatic heterocycles. The van der Waals surface area contributed by atoms with Gasteiger partial charge in [0, 0.05) is 5.56 Å². The van der Waals surface area contributed by atoms with E-state index >= 15 is 0 Å². The van der Waals surface area contributed by atoms with Gasteiger partial charge < -0.3 is 0 Å². The molecule has 0 fully saturated rings. The molecule has 0 saturated carbocycles. The van der Waals surface area contributed by atoms with Gasteiger partial charge in [-0.15, -0.1) is 0 Å². The van der Waals surface area contributed by atoms with Gasteiger partial charge in [-0.1, -0.05) is 13.5 Å². The summed E-state index contributed by atoms with van der Waals surface area (Å²) < 4.78 is 23.4. The van der Waals surface area contributed by atoms with Gasteiger partial charge in [0.2, 0.25) is 0 Å². The average Bonchev–Trinajstić information content (AvgIpc) is 2.28. The van der Waals surface area contributed by atoms with Crippen molar-refractivity contribution in [2.75, 3.05) is 5.75 Å². The van der Waals surface area contributed by atoms with Gasteiger partial charge in [-0.2, -0.15) is 0 Å². The third kappa shape index (κ3) is 2.79. The highest BCUT2D eigenvalue weighted by atomic mass is 32.2. The molecular formula is C12H14O3S. The molecule has 0 saturated heterocycles. The standard InChI is InChI=1S/C12H14O3S/c1-3-9-16(14,15)11-7-5-10(6-8-11)12(13)4-2/h4-8H,2-3,9H2,1H3. The number of sulfone groups is 1. The molecule has 0 aliphatic rings. The summed E-state index contributed by atoms with van der Waals surface area (Å²) in [4.78, 5) is 11.5. The fraction of sp³-hybridized carbons (Fsp3) is 0.250. The zero-order valence-electron chi connectivity index (χ0n) is 9.14. The molecule has 86 valence electrons. The third-order valence-electron chi connectivity index (χ3n) is 2.16. The van der Waals surface area contributed by atoms with Crippen LogP contribution in [0.5, 0.6) is 0 Å². The minimum atomic E-state index is -3.20. The molecule has 1 rings (SSSR count). The minimum Gasteiger partial charge on any atom is -0.289 e. The van der Waals surface area contributed by atoms with Crippen molar-refractivity contribution in [3.63, 3.8) is 0 Å². The molecule has 1 aromatic carbocycles. The second kappa shape index (κ2) is 5.07. The zero-order valence-corrected chi connectivity index (χ0v) is 9.96. The normalized spacial score (nSPS) is 11.1. The van der Waals surface area contributed by atoms with Crippen LogP contribution in [-0.4, -0.2) is 20.0 Å². The van der Waals surface area contributed by atoms with Gasteiger partial charge in [0.25, 0.3) is 0 Å². The summed E-state index contributed by atoms with van der Waals surface area (Å²) in [6.07, 6.45) is 1.78. The molecule has 0 heterocycles. The lowest BCUT2D eigenvalue weighted by molar-refractivity contribution is 0.104. The Morgan fingerprint density at radius 1 is 1.31 bits per heavy atom. The maximum absolute atomic E-state index is 11.7. The van der Waals surface area contributed by atoms with E-state index in [0.717, 1.165) is 0 Å². The number of carbonyl (C=O) groups is 1. The largest absolute Gasteiger partial charge is 0.289 e. The topological polar surface area (TPSA) is 51.2 Å². The summed E-state index contributed by atoms with van der Waals surface area (Å²) in [6, 6.07) is 5.93. The van der Waals surface area contributed by atoms with E-state index in [9.17, 15) is 13.2 Å². The molecule has 16 heavy (non-hydrogen) atoms. The zero-order chi connectivity index (χ0) is 12.2. The van der Waals surface area contributed by atoms with Gasteiger partial charge in [0.15, 0.2) is 15.6 Å². The van der Waals surface area contributed by atoms with Gasteiger partial charge in [-0.3, -0.25) is 4.79 Å². The summed E-state index contributed by atoms with van der Waals surface area (Å²) in [5.74, 6) is -0.0821. The van der Waals surface area contributed by atoms with E-state index < -0.39 is 9.84 Å². The molecule has 0 unspecified atom stereocenters. The lowest BCUT2D eigenvalue weighted by atomic mass is 10.1. The molecule has 1 aromatic rings. The van der Waals surface area contributed by atoms with E-state index in [1.807, 2.05) is 6.92 Å². The Hall–Kier alpha value is -1.42. The number of benzene rings is 1. The van der Waals surface area contributed by atoms with Crippen molar-refractivity contribution < 1.29 is 13.2 Å². The molecule has 0 aromatic heterocycles. The van der Waals surface area contributed by atoms with Crippen molar-refractivity contribution in [3.05, 3.63) is 42.5 Å². The molecule has 0 bridgehead atoms. The Morgan fingerprint density at radius 3 is 2.31 bits per heavy atom. The first-order chi connectivity index (χ1) is 7.51. The number of allylic oxidation sites excluding steroid dienone is 1. The first kappa shape index (κ1) is 12.6. The SMILES string of the molecule is C=CC(=O)c1ccc(S(=O)(=O)CCC)cc1. The van der Waals surface area contributed by atoms with Gasteiger partial charge in [0.05, 0.1) is 10.6 Å². The van der Waals surface area contributed by atoms with Crippen molar-refractivity contribution in [1.29, 1.82) is 0 Å². The number of carbonyl (C=O) groups excluding carboxylic acids is 1. The third-order valence-corrected chi connectivity index (χ3v) is 4.09. The predicted molar refractivity (Wildman–Crippen MR) is 63.3 cm³/mol. The van der Waals surface area contributed by atoms with Crippen LogP contribution < -0.4 is 0 Å². The molecule has 0 atom stereocenters. The van der Waals surface area contributed by atoms with Gasteiger partial charge >= 0.3 is 0 Å². The van der Waals surface area contributed by atoms with Gasteiger partial charge in [-0.25, -0.2) is 8.42 Å². The highest BCUT2D eigenvalue weighted by molar-refractivity contribution is 7.91. The summed E-state index contributed by atoms with van der Waals surface area (Å²) in [5.41, 5.74) is 0.449. The van der Waals surface area contributed by atoms with Crippen molar-refractivity contribution >= 4 is 15.6 Å². The number of hydrogen-bond acceptors (Lipinski definition) is 3. The van der Waals surface area contributed by atoms with Crippen LogP contribution >= 0.6 is 0 Å².